The van der Waals surface area contributed by atoms with Gasteiger partial charge in [-0.3, -0.25) is 9.89 Å². The van der Waals surface area contributed by atoms with E-state index in [4.69, 9.17) is 0 Å². The topological polar surface area (TPSA) is 61.9 Å². The number of nitrogens with one attached hydrogen (secondary N) is 1. The molecular weight excluding hydrogens is 324 g/mol. The van der Waals surface area contributed by atoms with E-state index >= 15 is 0 Å². The summed E-state index contributed by atoms with van der Waals surface area (Å²) in [6, 6.07) is 12.6. The smallest absolute Gasteiger partial charge is 0.255 e. The third-order valence-corrected chi connectivity index (χ3v) is 5.43. The first kappa shape index (κ1) is 16.8. The van der Waals surface area contributed by atoms with Gasteiger partial charge in [-0.1, -0.05) is 30.3 Å². The van der Waals surface area contributed by atoms with Gasteiger partial charge in [-0.25, -0.2) is 4.98 Å². The molecule has 0 unspecified atom stereocenters. The van der Waals surface area contributed by atoms with Gasteiger partial charge in [0.25, 0.3) is 5.91 Å². The first-order chi connectivity index (χ1) is 12.7. The Morgan fingerprint density at radius 3 is 2.77 bits per heavy atom. The number of hydrogen-bond acceptors (Lipinski definition) is 3. The molecule has 1 aromatic carbocycles. The number of carbonyl (C=O) groups is 1. The summed E-state index contributed by atoms with van der Waals surface area (Å²) in [7, 11) is 0. The number of aromatic nitrogens is 3. The van der Waals surface area contributed by atoms with Crippen LogP contribution in [0.5, 0.6) is 0 Å². The van der Waals surface area contributed by atoms with Crippen molar-refractivity contribution in [2.75, 3.05) is 13.1 Å². The van der Waals surface area contributed by atoms with Gasteiger partial charge in [0.15, 0.2) is 5.65 Å². The number of piperidine rings is 1. The number of aryl methyl sites for hydroxylation is 2. The molecule has 1 aliphatic rings. The van der Waals surface area contributed by atoms with Crippen molar-refractivity contribution in [1.29, 1.82) is 0 Å². The minimum Gasteiger partial charge on any atom is -0.339 e. The second-order valence-electron chi connectivity index (χ2n) is 7.20. The van der Waals surface area contributed by atoms with Gasteiger partial charge < -0.3 is 4.90 Å². The Morgan fingerprint density at radius 1 is 1.23 bits per heavy atom. The Bertz CT molecular complexity index is 895. The highest BCUT2D eigenvalue weighted by atomic mass is 16.2. The van der Waals surface area contributed by atoms with E-state index in [1.165, 1.54) is 12.0 Å². The lowest BCUT2D eigenvalue weighted by Gasteiger charge is -2.32. The van der Waals surface area contributed by atoms with Gasteiger partial charge >= 0.3 is 0 Å². The molecule has 0 atom stereocenters. The zero-order chi connectivity index (χ0) is 17.9. The number of pyridine rings is 1. The Morgan fingerprint density at radius 2 is 2.00 bits per heavy atom. The zero-order valence-corrected chi connectivity index (χ0v) is 15.1. The first-order valence-electron chi connectivity index (χ1n) is 9.34. The molecule has 1 amide bonds. The summed E-state index contributed by atoms with van der Waals surface area (Å²) in [6.07, 6.45) is 6.14. The number of amides is 1. The second-order valence-corrected chi connectivity index (χ2v) is 7.20. The summed E-state index contributed by atoms with van der Waals surface area (Å²) in [5.41, 5.74) is 3.67. The zero-order valence-electron chi connectivity index (χ0n) is 15.1. The standard InChI is InChI=1S/C21H24N4O/c1-15-19-13-18(14-22-20(19)24-23-15)21(26)25-11-9-17(10-12-25)8-7-16-5-3-2-4-6-16/h2-6,13-14,17H,7-12H2,1H3,(H,22,23,24). The van der Waals surface area contributed by atoms with Gasteiger partial charge in [0.2, 0.25) is 0 Å². The SMILES string of the molecule is Cc1[nH]nc2ncc(C(=O)N3CCC(CCc4ccccc4)CC3)cc12. The van der Waals surface area contributed by atoms with Gasteiger partial charge in [0.05, 0.1) is 5.56 Å². The highest BCUT2D eigenvalue weighted by Gasteiger charge is 2.24. The number of rotatable bonds is 4. The maximum atomic E-state index is 12.8. The normalized spacial score (nSPS) is 15.5. The summed E-state index contributed by atoms with van der Waals surface area (Å²) in [5, 5.41) is 7.97. The van der Waals surface area contributed by atoms with Crippen molar-refractivity contribution in [2.24, 2.45) is 5.92 Å². The van der Waals surface area contributed by atoms with Crippen LogP contribution in [0, 0.1) is 12.8 Å². The molecule has 26 heavy (non-hydrogen) atoms. The number of hydrogen-bond donors (Lipinski definition) is 1. The summed E-state index contributed by atoms with van der Waals surface area (Å²) >= 11 is 0. The molecule has 2 aromatic heterocycles. The van der Waals surface area contributed by atoms with E-state index in [-0.39, 0.29) is 5.91 Å². The van der Waals surface area contributed by atoms with Crippen LogP contribution in [0.4, 0.5) is 0 Å². The summed E-state index contributed by atoms with van der Waals surface area (Å²) < 4.78 is 0. The van der Waals surface area contributed by atoms with Crippen LogP contribution in [0.2, 0.25) is 0 Å². The Hall–Kier alpha value is -2.69. The molecule has 3 aromatic rings. The summed E-state index contributed by atoms with van der Waals surface area (Å²) in [5.74, 6) is 0.789. The van der Waals surface area contributed by atoms with E-state index in [0.29, 0.717) is 17.1 Å². The lowest BCUT2D eigenvalue weighted by molar-refractivity contribution is 0.0686. The van der Waals surface area contributed by atoms with Crippen molar-refractivity contribution in [3.8, 4) is 0 Å². The lowest BCUT2D eigenvalue weighted by Crippen LogP contribution is -2.38. The maximum absolute atomic E-state index is 12.8. The van der Waals surface area contributed by atoms with Gasteiger partial charge in [0.1, 0.15) is 0 Å². The number of aromatic amines is 1. The fourth-order valence-corrected chi connectivity index (χ4v) is 3.76. The average molecular weight is 348 g/mol. The third kappa shape index (κ3) is 3.47. The van der Waals surface area contributed by atoms with Crippen LogP contribution in [0.3, 0.4) is 0 Å². The van der Waals surface area contributed by atoms with Crippen molar-refractivity contribution in [2.45, 2.75) is 32.6 Å². The van der Waals surface area contributed by atoms with Crippen molar-refractivity contribution >= 4 is 16.9 Å². The van der Waals surface area contributed by atoms with Crippen LogP contribution < -0.4 is 0 Å². The Balaban J connectivity index is 1.34. The molecule has 0 bridgehead atoms. The molecule has 0 aliphatic carbocycles. The number of likely N-dealkylation sites (tertiary alicyclic amines) is 1. The van der Waals surface area contributed by atoms with Gasteiger partial charge in [0, 0.05) is 30.4 Å². The first-order valence-corrected chi connectivity index (χ1v) is 9.34. The largest absolute Gasteiger partial charge is 0.339 e. The van der Waals surface area contributed by atoms with E-state index in [0.717, 1.165) is 43.4 Å². The molecule has 134 valence electrons. The van der Waals surface area contributed by atoms with Crippen molar-refractivity contribution in [3.05, 3.63) is 59.4 Å². The van der Waals surface area contributed by atoms with E-state index in [1.54, 1.807) is 6.20 Å². The number of H-pyrrole nitrogens is 1. The Labute approximate surface area is 153 Å². The van der Waals surface area contributed by atoms with Crippen LogP contribution in [-0.4, -0.2) is 39.1 Å². The molecule has 1 saturated heterocycles. The van der Waals surface area contributed by atoms with Gasteiger partial charge in [-0.05, 0) is 50.2 Å². The molecule has 1 fully saturated rings. The molecular formula is C21H24N4O. The van der Waals surface area contributed by atoms with E-state index in [1.807, 2.05) is 17.9 Å². The van der Waals surface area contributed by atoms with E-state index in [9.17, 15) is 4.79 Å². The monoisotopic (exact) mass is 348 g/mol. The average Bonchev–Trinajstić information content (AvgIpc) is 3.07. The minimum atomic E-state index is 0.0847. The van der Waals surface area contributed by atoms with Gasteiger partial charge in [-0.2, -0.15) is 5.10 Å². The molecule has 0 spiro atoms. The molecule has 3 heterocycles. The lowest BCUT2D eigenvalue weighted by atomic mass is 9.90. The maximum Gasteiger partial charge on any atom is 0.255 e. The van der Waals surface area contributed by atoms with Crippen molar-refractivity contribution < 1.29 is 4.79 Å². The van der Waals surface area contributed by atoms with Crippen molar-refractivity contribution in [3.63, 3.8) is 0 Å². The highest BCUT2D eigenvalue weighted by molar-refractivity contribution is 5.97. The fourth-order valence-electron chi connectivity index (χ4n) is 3.76. The quantitative estimate of drug-likeness (QED) is 0.781. The molecule has 5 heteroatoms. The molecule has 5 nitrogen and oxygen atoms in total. The van der Waals surface area contributed by atoms with Crippen LogP contribution in [0.15, 0.2) is 42.6 Å². The van der Waals surface area contributed by atoms with Crippen LogP contribution in [0.1, 0.15) is 40.9 Å². The van der Waals surface area contributed by atoms with E-state index in [2.05, 4.69) is 45.5 Å². The molecule has 0 radical (unpaired) electrons. The predicted molar refractivity (Wildman–Crippen MR) is 102 cm³/mol. The molecule has 0 saturated carbocycles. The number of fused-ring (bicyclic) bond motifs is 1. The molecule has 4 rings (SSSR count). The third-order valence-electron chi connectivity index (χ3n) is 5.43. The summed E-state index contributed by atoms with van der Waals surface area (Å²) in [6.45, 7) is 3.62. The number of carbonyl (C=O) groups excluding carboxylic acids is 1. The fraction of sp³-hybridized carbons (Fsp3) is 0.381. The number of benzene rings is 1. The Kier molecular flexibility index (Phi) is 4.69. The minimum absolute atomic E-state index is 0.0847. The molecule has 1 N–H and O–H groups in total. The van der Waals surface area contributed by atoms with E-state index < -0.39 is 0 Å². The van der Waals surface area contributed by atoms with Crippen molar-refractivity contribution in [1.82, 2.24) is 20.1 Å². The molecule has 1 aliphatic heterocycles. The highest BCUT2D eigenvalue weighted by Crippen LogP contribution is 2.24. The van der Waals surface area contributed by atoms with Crippen LogP contribution in [-0.2, 0) is 6.42 Å². The second kappa shape index (κ2) is 7.28. The predicted octanol–water partition coefficient (Wildman–Crippen LogP) is 3.75. The van der Waals surface area contributed by atoms with Crippen LogP contribution >= 0.6 is 0 Å². The van der Waals surface area contributed by atoms with Gasteiger partial charge in [-0.15, -0.1) is 0 Å². The summed E-state index contributed by atoms with van der Waals surface area (Å²) in [4.78, 5) is 19.1. The number of nitrogens with zero attached hydrogens (tertiary/aromatic N) is 3. The van der Waals surface area contributed by atoms with Crippen LogP contribution in [0.25, 0.3) is 11.0 Å².